The van der Waals surface area contributed by atoms with Crippen LogP contribution in [-0.2, 0) is 32.0 Å². The summed E-state index contributed by atoms with van der Waals surface area (Å²) in [6.45, 7) is 5.72. The summed E-state index contributed by atoms with van der Waals surface area (Å²) in [6, 6.07) is 16.9. The van der Waals surface area contributed by atoms with Crippen molar-refractivity contribution in [2.75, 3.05) is 6.54 Å². The van der Waals surface area contributed by atoms with Crippen LogP contribution >= 0.6 is 0 Å². The molecule has 0 saturated heterocycles. The van der Waals surface area contributed by atoms with E-state index in [1.165, 1.54) is 0 Å². The number of amides is 3. The van der Waals surface area contributed by atoms with Crippen molar-refractivity contribution in [3.05, 3.63) is 71.8 Å². The van der Waals surface area contributed by atoms with Crippen molar-refractivity contribution >= 4 is 23.9 Å². The van der Waals surface area contributed by atoms with Gasteiger partial charge in [-0.3, -0.25) is 9.59 Å². The summed E-state index contributed by atoms with van der Waals surface area (Å²) in [4.78, 5) is 50.1. The number of alkyl carbamates (subject to hydrolysis) is 1. The van der Waals surface area contributed by atoms with Crippen LogP contribution in [0.1, 0.15) is 57.6 Å². The Kier molecular flexibility index (Phi) is 11.1. The maximum Gasteiger partial charge on any atom is 0.408 e. The summed E-state index contributed by atoms with van der Waals surface area (Å²) < 4.78 is 5.36. The Balaban J connectivity index is 1.49. The van der Waals surface area contributed by atoms with Crippen LogP contribution in [0.25, 0.3) is 0 Å². The first kappa shape index (κ1) is 30.7. The highest BCUT2D eigenvalue weighted by Crippen LogP contribution is 2.28. The largest absolute Gasteiger partial charge is 0.480 e. The van der Waals surface area contributed by atoms with Crippen LogP contribution in [0.5, 0.6) is 0 Å². The average molecular weight is 552 g/mol. The van der Waals surface area contributed by atoms with Crippen molar-refractivity contribution in [1.82, 2.24) is 16.0 Å². The fraction of sp³-hybridized carbons (Fsp3) is 0.484. The molecule has 9 nitrogen and oxygen atoms in total. The van der Waals surface area contributed by atoms with Gasteiger partial charge in [0.05, 0.1) is 0 Å². The molecule has 3 amide bonds. The molecule has 0 aliphatic heterocycles. The Hall–Kier alpha value is -3.88. The zero-order valence-corrected chi connectivity index (χ0v) is 23.5. The zero-order valence-electron chi connectivity index (χ0n) is 23.5. The summed E-state index contributed by atoms with van der Waals surface area (Å²) in [6.07, 6.45) is 2.61. The van der Waals surface area contributed by atoms with Crippen molar-refractivity contribution in [3.8, 4) is 0 Å². The molecule has 0 unspecified atom stereocenters. The molecule has 9 heteroatoms. The summed E-state index contributed by atoms with van der Waals surface area (Å²) >= 11 is 0. The topological polar surface area (TPSA) is 134 Å². The molecule has 1 saturated carbocycles. The second kappa shape index (κ2) is 14.5. The van der Waals surface area contributed by atoms with E-state index in [4.69, 9.17) is 4.74 Å². The Labute approximate surface area is 236 Å². The van der Waals surface area contributed by atoms with Crippen LogP contribution in [0.4, 0.5) is 4.79 Å². The maximum absolute atomic E-state index is 13.1. The van der Waals surface area contributed by atoms with Crippen LogP contribution in [0.15, 0.2) is 60.7 Å². The predicted molar refractivity (Wildman–Crippen MR) is 151 cm³/mol. The molecular formula is C31H41N3O6. The minimum absolute atomic E-state index is 0.187. The fourth-order valence-corrected chi connectivity index (χ4v) is 4.85. The number of hydrogen-bond donors (Lipinski definition) is 4. The van der Waals surface area contributed by atoms with Gasteiger partial charge in [-0.2, -0.15) is 0 Å². The van der Waals surface area contributed by atoms with Crippen LogP contribution in [0.3, 0.4) is 0 Å². The van der Waals surface area contributed by atoms with Crippen molar-refractivity contribution in [2.24, 2.45) is 11.8 Å². The van der Waals surface area contributed by atoms with Gasteiger partial charge in [0.2, 0.25) is 11.8 Å². The summed E-state index contributed by atoms with van der Waals surface area (Å²) in [5, 5.41) is 18.0. The normalized spacial score (nSPS) is 18.6. The number of nitrogens with one attached hydrogen (secondary N) is 3. The lowest BCUT2D eigenvalue weighted by atomic mass is 9.81. The van der Waals surface area contributed by atoms with Gasteiger partial charge in [0.15, 0.2) is 0 Å². The van der Waals surface area contributed by atoms with Crippen molar-refractivity contribution < 1.29 is 29.0 Å². The molecule has 216 valence electrons. The molecule has 0 heterocycles. The van der Waals surface area contributed by atoms with Gasteiger partial charge >= 0.3 is 12.1 Å². The highest BCUT2D eigenvalue weighted by atomic mass is 16.6. The quantitative estimate of drug-likeness (QED) is 0.335. The van der Waals surface area contributed by atoms with E-state index in [9.17, 15) is 24.3 Å². The van der Waals surface area contributed by atoms with E-state index in [-0.39, 0.29) is 30.1 Å². The Morgan fingerprint density at radius 3 is 1.85 bits per heavy atom. The highest BCUT2D eigenvalue weighted by molar-refractivity contribution is 5.86. The van der Waals surface area contributed by atoms with Gasteiger partial charge in [0.1, 0.15) is 17.7 Å². The van der Waals surface area contributed by atoms with Gasteiger partial charge < -0.3 is 25.8 Å². The van der Waals surface area contributed by atoms with Crippen LogP contribution < -0.4 is 16.0 Å². The molecule has 3 rings (SSSR count). The number of ether oxygens (including phenoxy) is 1. The van der Waals surface area contributed by atoms with Crippen LogP contribution in [-0.4, -0.2) is 53.2 Å². The third-order valence-corrected chi connectivity index (χ3v) is 6.97. The van der Waals surface area contributed by atoms with Gasteiger partial charge in [0, 0.05) is 25.3 Å². The number of benzene rings is 2. The number of carbonyl (C=O) groups is 4. The molecule has 2 atom stereocenters. The molecule has 1 aliphatic carbocycles. The van der Waals surface area contributed by atoms with Gasteiger partial charge in [-0.25, -0.2) is 9.59 Å². The molecule has 2 aromatic carbocycles. The van der Waals surface area contributed by atoms with Crippen molar-refractivity contribution in [1.29, 1.82) is 0 Å². The lowest BCUT2D eigenvalue weighted by Gasteiger charge is -2.29. The highest BCUT2D eigenvalue weighted by Gasteiger charge is 2.30. The van der Waals surface area contributed by atoms with Crippen molar-refractivity contribution in [2.45, 2.75) is 77.0 Å². The summed E-state index contributed by atoms with van der Waals surface area (Å²) in [5.74, 6) is -1.66. The van der Waals surface area contributed by atoms with Crippen molar-refractivity contribution in [3.63, 3.8) is 0 Å². The van der Waals surface area contributed by atoms with E-state index in [1.807, 2.05) is 60.7 Å². The van der Waals surface area contributed by atoms with Crippen LogP contribution in [0, 0.1) is 11.8 Å². The second-order valence-corrected chi connectivity index (χ2v) is 11.4. The maximum atomic E-state index is 13.1. The minimum Gasteiger partial charge on any atom is -0.480 e. The van der Waals surface area contributed by atoms with Gasteiger partial charge in [-0.05, 0) is 63.5 Å². The van der Waals surface area contributed by atoms with E-state index in [2.05, 4.69) is 16.0 Å². The van der Waals surface area contributed by atoms with E-state index in [0.29, 0.717) is 25.8 Å². The smallest absolute Gasteiger partial charge is 0.408 e. The number of carboxylic acids is 1. The van der Waals surface area contributed by atoms with Gasteiger partial charge in [-0.1, -0.05) is 60.7 Å². The second-order valence-electron chi connectivity index (χ2n) is 11.4. The first-order valence-corrected chi connectivity index (χ1v) is 13.9. The minimum atomic E-state index is -1.06. The van der Waals surface area contributed by atoms with Crippen LogP contribution in [0.2, 0.25) is 0 Å². The number of carbonyl (C=O) groups excluding carboxylic acids is 3. The number of aliphatic carboxylic acids is 1. The molecule has 1 fully saturated rings. The number of carboxylic acid groups (broad SMARTS) is 1. The first-order chi connectivity index (χ1) is 19.0. The SMILES string of the molecule is CC(C)(C)OC(=O)N[C@@H](Cc1ccccc1)C(=O)NCC1CCC(C(=O)N[C@@H](Cc2ccccc2)C(=O)O)CC1. The lowest BCUT2D eigenvalue weighted by molar-refractivity contribution is -0.142. The third kappa shape index (κ3) is 10.4. The fourth-order valence-electron chi connectivity index (χ4n) is 4.85. The third-order valence-electron chi connectivity index (χ3n) is 6.97. The number of hydrogen-bond acceptors (Lipinski definition) is 5. The average Bonchev–Trinajstić information content (AvgIpc) is 2.91. The standard InChI is InChI=1S/C31H41N3O6/c1-31(2,3)40-30(39)34-25(18-21-10-6-4-7-11-21)28(36)32-20-23-14-16-24(17-15-23)27(35)33-26(29(37)38)19-22-12-8-5-9-13-22/h4-13,23-26H,14-20H2,1-3H3,(H,32,36)(H,33,35)(H,34,39)(H,37,38)/t23?,24?,25-,26-/m0/s1. The Morgan fingerprint density at radius 1 is 0.825 bits per heavy atom. The molecular weight excluding hydrogens is 510 g/mol. The molecule has 0 aromatic heterocycles. The number of rotatable bonds is 11. The lowest BCUT2D eigenvalue weighted by Crippen LogP contribution is -2.50. The molecule has 0 bridgehead atoms. The Morgan fingerprint density at radius 2 is 1.35 bits per heavy atom. The van der Waals surface area contributed by atoms with E-state index >= 15 is 0 Å². The Bertz CT molecular complexity index is 1120. The van der Waals surface area contributed by atoms with E-state index in [1.54, 1.807) is 20.8 Å². The monoisotopic (exact) mass is 551 g/mol. The summed E-state index contributed by atoms with van der Waals surface area (Å²) in [7, 11) is 0. The predicted octanol–water partition coefficient (Wildman–Crippen LogP) is 3.86. The first-order valence-electron chi connectivity index (χ1n) is 13.9. The summed E-state index contributed by atoms with van der Waals surface area (Å²) in [5.41, 5.74) is 1.08. The van der Waals surface area contributed by atoms with Gasteiger partial charge in [0.25, 0.3) is 0 Å². The molecule has 40 heavy (non-hydrogen) atoms. The zero-order chi connectivity index (χ0) is 29.1. The van der Waals surface area contributed by atoms with E-state index < -0.39 is 29.7 Å². The molecule has 0 spiro atoms. The van der Waals surface area contributed by atoms with E-state index in [0.717, 1.165) is 24.0 Å². The van der Waals surface area contributed by atoms with Gasteiger partial charge in [-0.15, -0.1) is 0 Å². The molecule has 2 aromatic rings. The molecule has 4 N–H and O–H groups in total. The molecule has 0 radical (unpaired) electrons. The molecule has 1 aliphatic rings.